The number of amides is 2. The average molecular weight is 439 g/mol. The van der Waals surface area contributed by atoms with Gasteiger partial charge in [0.1, 0.15) is 11.6 Å². The van der Waals surface area contributed by atoms with E-state index in [1.807, 2.05) is 0 Å². The summed E-state index contributed by atoms with van der Waals surface area (Å²) in [5.41, 5.74) is 1.81. The Labute approximate surface area is 179 Å². The quantitative estimate of drug-likeness (QED) is 0.416. The molecule has 0 atom stereocenters. The second kappa shape index (κ2) is 8.45. The molecule has 0 aliphatic heterocycles. The zero-order valence-corrected chi connectivity index (χ0v) is 16.5. The fraction of sp³-hybridized carbons (Fsp3) is 0. The molecule has 4 rings (SSSR count). The van der Waals surface area contributed by atoms with E-state index in [-0.39, 0.29) is 22.0 Å². The summed E-state index contributed by atoms with van der Waals surface area (Å²) in [5, 5.41) is 4.74. The topological polar surface area (TPSA) is 84.0 Å². The lowest BCUT2D eigenvalue weighted by molar-refractivity contribution is 0.103. The first kappa shape index (κ1) is 20.4. The second-order valence-electron chi connectivity index (χ2n) is 6.53. The van der Waals surface area contributed by atoms with Gasteiger partial charge in [0.15, 0.2) is 5.78 Å². The van der Waals surface area contributed by atoms with E-state index in [9.17, 15) is 18.4 Å². The number of urea groups is 1. The number of rotatable bonds is 4. The lowest BCUT2D eigenvalue weighted by Gasteiger charge is -2.10. The minimum absolute atomic E-state index is 0.0448. The van der Waals surface area contributed by atoms with Crippen molar-refractivity contribution in [3.05, 3.63) is 94.8 Å². The van der Waals surface area contributed by atoms with Crippen LogP contribution in [-0.4, -0.2) is 21.8 Å². The SMILES string of the molecule is O=C(Nc1cc(F)cc(C(=O)c2ccc3nccnc3c2)c1)Nc1ccc(F)c(Cl)c1. The van der Waals surface area contributed by atoms with Crippen LogP contribution in [0.3, 0.4) is 0 Å². The molecule has 0 saturated heterocycles. The fourth-order valence-electron chi connectivity index (χ4n) is 2.93. The van der Waals surface area contributed by atoms with E-state index >= 15 is 0 Å². The van der Waals surface area contributed by atoms with Gasteiger partial charge in [0.05, 0.1) is 16.1 Å². The molecule has 9 heteroatoms. The Morgan fingerprint density at radius 3 is 2.29 bits per heavy atom. The molecule has 3 aromatic carbocycles. The van der Waals surface area contributed by atoms with Crippen molar-refractivity contribution in [2.45, 2.75) is 0 Å². The Hall–Kier alpha value is -3.91. The van der Waals surface area contributed by atoms with Crippen molar-refractivity contribution in [1.82, 2.24) is 9.97 Å². The molecule has 4 aromatic rings. The van der Waals surface area contributed by atoms with Crippen LogP contribution < -0.4 is 10.6 Å². The van der Waals surface area contributed by atoms with Gasteiger partial charge >= 0.3 is 6.03 Å². The third-order valence-corrected chi connectivity index (χ3v) is 4.62. The van der Waals surface area contributed by atoms with Gasteiger partial charge < -0.3 is 10.6 Å². The molecule has 31 heavy (non-hydrogen) atoms. The van der Waals surface area contributed by atoms with E-state index in [1.54, 1.807) is 24.4 Å². The Morgan fingerprint density at radius 2 is 1.52 bits per heavy atom. The Kier molecular flexibility index (Phi) is 5.55. The summed E-state index contributed by atoms with van der Waals surface area (Å²) in [6.45, 7) is 0. The Bertz CT molecular complexity index is 1330. The van der Waals surface area contributed by atoms with Gasteiger partial charge in [-0.15, -0.1) is 0 Å². The molecule has 6 nitrogen and oxygen atoms in total. The molecular weight excluding hydrogens is 426 g/mol. The van der Waals surface area contributed by atoms with Gasteiger partial charge in [0.25, 0.3) is 0 Å². The van der Waals surface area contributed by atoms with Crippen LogP contribution in [0.15, 0.2) is 67.0 Å². The maximum absolute atomic E-state index is 14.1. The highest BCUT2D eigenvalue weighted by Gasteiger charge is 2.14. The number of fused-ring (bicyclic) bond motifs is 1. The van der Waals surface area contributed by atoms with Crippen molar-refractivity contribution < 1.29 is 18.4 Å². The minimum atomic E-state index is -0.715. The number of carbonyl (C=O) groups is 2. The molecule has 1 heterocycles. The first-order valence-electron chi connectivity index (χ1n) is 8.98. The maximum atomic E-state index is 14.1. The summed E-state index contributed by atoms with van der Waals surface area (Å²) in [6.07, 6.45) is 3.05. The van der Waals surface area contributed by atoms with Crippen LogP contribution >= 0.6 is 11.6 Å². The van der Waals surface area contributed by atoms with Crippen molar-refractivity contribution >= 4 is 45.8 Å². The highest BCUT2D eigenvalue weighted by Crippen LogP contribution is 2.21. The van der Waals surface area contributed by atoms with Gasteiger partial charge in [-0.05, 0) is 54.6 Å². The first-order chi connectivity index (χ1) is 14.9. The van der Waals surface area contributed by atoms with Crippen LogP contribution in [0, 0.1) is 11.6 Å². The van der Waals surface area contributed by atoms with Crippen LogP contribution in [0.4, 0.5) is 25.0 Å². The normalized spacial score (nSPS) is 10.7. The summed E-state index contributed by atoms with van der Waals surface area (Å²) in [7, 11) is 0. The average Bonchev–Trinajstić information content (AvgIpc) is 2.75. The largest absolute Gasteiger partial charge is 0.323 e. The molecular formula is C22H13ClF2N4O2. The summed E-state index contributed by atoms with van der Waals surface area (Å²) < 4.78 is 27.4. The number of nitrogens with zero attached hydrogens (tertiary/aromatic N) is 2. The zero-order valence-electron chi connectivity index (χ0n) is 15.7. The minimum Gasteiger partial charge on any atom is -0.308 e. The zero-order chi connectivity index (χ0) is 22.0. The van der Waals surface area contributed by atoms with E-state index in [1.165, 1.54) is 24.4 Å². The van der Waals surface area contributed by atoms with Gasteiger partial charge in [0.2, 0.25) is 0 Å². The molecule has 0 saturated carbocycles. The third-order valence-electron chi connectivity index (χ3n) is 4.33. The summed E-state index contributed by atoms with van der Waals surface area (Å²) in [4.78, 5) is 33.4. The van der Waals surface area contributed by atoms with Gasteiger partial charge in [-0.1, -0.05) is 11.6 Å². The van der Waals surface area contributed by atoms with Crippen molar-refractivity contribution in [2.24, 2.45) is 0 Å². The second-order valence-corrected chi connectivity index (χ2v) is 6.93. The fourth-order valence-corrected chi connectivity index (χ4v) is 3.11. The van der Waals surface area contributed by atoms with Crippen molar-refractivity contribution in [3.63, 3.8) is 0 Å². The number of aromatic nitrogens is 2. The number of hydrogen-bond donors (Lipinski definition) is 2. The molecule has 0 bridgehead atoms. The number of halogens is 3. The molecule has 0 aliphatic rings. The van der Waals surface area contributed by atoms with E-state index in [2.05, 4.69) is 20.6 Å². The molecule has 154 valence electrons. The molecule has 0 radical (unpaired) electrons. The standard InChI is InChI=1S/C22H13ClF2N4O2/c23-17-11-15(2-3-18(17)25)28-22(31)29-16-8-13(7-14(24)10-16)21(30)12-1-4-19-20(9-12)27-6-5-26-19/h1-11H,(H2,28,29,31). The molecule has 0 spiro atoms. The lowest BCUT2D eigenvalue weighted by atomic mass is 10.0. The lowest BCUT2D eigenvalue weighted by Crippen LogP contribution is -2.20. The van der Waals surface area contributed by atoms with Crippen LogP contribution in [0.5, 0.6) is 0 Å². The van der Waals surface area contributed by atoms with E-state index in [0.29, 0.717) is 16.6 Å². The van der Waals surface area contributed by atoms with Crippen LogP contribution in [-0.2, 0) is 0 Å². The highest BCUT2D eigenvalue weighted by molar-refractivity contribution is 6.31. The molecule has 2 amide bonds. The van der Waals surface area contributed by atoms with Gasteiger partial charge in [0, 0.05) is 34.9 Å². The number of nitrogens with one attached hydrogen (secondary N) is 2. The van der Waals surface area contributed by atoms with Crippen molar-refractivity contribution in [2.75, 3.05) is 10.6 Å². The number of anilines is 2. The first-order valence-corrected chi connectivity index (χ1v) is 9.36. The van der Waals surface area contributed by atoms with E-state index < -0.39 is 23.4 Å². The predicted octanol–water partition coefficient (Wildman–Crippen LogP) is 5.44. The van der Waals surface area contributed by atoms with Crippen LogP contribution in [0.2, 0.25) is 5.02 Å². The number of ketones is 1. The molecule has 2 N–H and O–H groups in total. The van der Waals surface area contributed by atoms with Gasteiger partial charge in [-0.3, -0.25) is 14.8 Å². The number of benzene rings is 3. The highest BCUT2D eigenvalue weighted by atomic mass is 35.5. The van der Waals surface area contributed by atoms with Crippen molar-refractivity contribution in [1.29, 1.82) is 0 Å². The Balaban J connectivity index is 1.55. The summed E-state index contributed by atoms with van der Waals surface area (Å²) in [6, 6.07) is 11.2. The predicted molar refractivity (Wildman–Crippen MR) is 113 cm³/mol. The van der Waals surface area contributed by atoms with Crippen LogP contribution in [0.1, 0.15) is 15.9 Å². The molecule has 1 aromatic heterocycles. The summed E-state index contributed by atoms with van der Waals surface area (Å²) >= 11 is 5.69. The molecule has 0 unspecified atom stereocenters. The van der Waals surface area contributed by atoms with Gasteiger partial charge in [-0.2, -0.15) is 0 Å². The molecule has 0 aliphatic carbocycles. The Morgan fingerprint density at radius 1 is 0.774 bits per heavy atom. The smallest absolute Gasteiger partial charge is 0.308 e. The van der Waals surface area contributed by atoms with Gasteiger partial charge in [-0.25, -0.2) is 13.6 Å². The van der Waals surface area contributed by atoms with Crippen LogP contribution in [0.25, 0.3) is 11.0 Å². The number of hydrogen-bond acceptors (Lipinski definition) is 4. The van der Waals surface area contributed by atoms with E-state index in [0.717, 1.165) is 18.2 Å². The molecule has 0 fully saturated rings. The summed E-state index contributed by atoms with van der Waals surface area (Å²) in [5.74, 6) is -1.77. The van der Waals surface area contributed by atoms with E-state index in [4.69, 9.17) is 11.6 Å². The maximum Gasteiger partial charge on any atom is 0.323 e. The third kappa shape index (κ3) is 4.65. The van der Waals surface area contributed by atoms with Crippen molar-refractivity contribution in [3.8, 4) is 0 Å². The monoisotopic (exact) mass is 438 g/mol. The number of carbonyl (C=O) groups excluding carboxylic acids is 2.